The second-order valence-electron chi connectivity index (χ2n) is 5.27. The molecule has 0 radical (unpaired) electrons. The van der Waals surface area contributed by atoms with Crippen molar-refractivity contribution in [2.45, 2.75) is 13.8 Å². The maximum atomic E-state index is 7.79. The molecule has 0 saturated carbocycles. The van der Waals surface area contributed by atoms with Gasteiger partial charge >= 0.3 is 0 Å². The van der Waals surface area contributed by atoms with Crippen LogP contribution in [0.25, 0.3) is 22.4 Å². The Balaban J connectivity index is 2.20. The van der Waals surface area contributed by atoms with E-state index in [2.05, 4.69) is 29.7 Å². The second-order valence-corrected chi connectivity index (χ2v) is 5.27. The summed E-state index contributed by atoms with van der Waals surface area (Å²) in [5, 5.41) is 0. The lowest BCUT2D eigenvalue weighted by molar-refractivity contribution is -0.660. The molecule has 0 N–H and O–H groups in total. The van der Waals surface area contributed by atoms with Gasteiger partial charge < -0.3 is 0 Å². The van der Waals surface area contributed by atoms with Gasteiger partial charge in [-0.05, 0) is 42.1 Å². The Morgan fingerprint density at radius 3 is 2.24 bits per heavy atom. The van der Waals surface area contributed by atoms with Crippen molar-refractivity contribution < 1.29 is 8.68 Å². The van der Waals surface area contributed by atoms with Crippen molar-refractivity contribution in [3.63, 3.8) is 0 Å². The quantitative estimate of drug-likeness (QED) is 0.609. The average Bonchev–Trinajstić information content (AvgIpc) is 2.55. The predicted octanol–water partition coefficient (Wildman–Crippen LogP) is 4.46. The molecule has 0 atom stereocenters. The summed E-state index contributed by atoms with van der Waals surface area (Å²) < 4.78 is 25.4. The number of benzene rings is 2. The van der Waals surface area contributed by atoms with Crippen molar-refractivity contribution in [2.24, 2.45) is 7.05 Å². The number of nitrogens with zero attached hydrogens (tertiary/aromatic N) is 1. The molecule has 0 fully saturated rings. The lowest BCUT2D eigenvalue weighted by Gasteiger charge is -2.08. The van der Waals surface area contributed by atoms with E-state index >= 15 is 0 Å². The lowest BCUT2D eigenvalue weighted by Crippen LogP contribution is -2.30. The standard InChI is InChI=1S/C20H20N/c1-15-8-4-6-10-18(15)17-12-13-21(3)20(14-17)19-11-7-5-9-16(19)2/h4-14H,1-3H3/q+1/i1D3. The summed E-state index contributed by atoms with van der Waals surface area (Å²) in [4.78, 5) is 0. The molecular weight excluding hydrogens is 254 g/mol. The van der Waals surface area contributed by atoms with Crippen molar-refractivity contribution in [3.8, 4) is 22.4 Å². The Kier molecular flexibility index (Phi) is 2.72. The van der Waals surface area contributed by atoms with Crippen LogP contribution in [0.3, 0.4) is 0 Å². The Hall–Kier alpha value is -2.41. The maximum Gasteiger partial charge on any atom is 0.213 e. The molecule has 3 rings (SSSR count). The zero-order chi connectivity index (χ0) is 17.3. The Bertz CT molecular complexity index is 882. The molecule has 104 valence electrons. The van der Waals surface area contributed by atoms with E-state index < -0.39 is 6.85 Å². The Morgan fingerprint density at radius 2 is 1.52 bits per heavy atom. The van der Waals surface area contributed by atoms with E-state index in [1.165, 1.54) is 5.56 Å². The highest BCUT2D eigenvalue weighted by atomic mass is 14.9. The summed E-state index contributed by atoms with van der Waals surface area (Å²) >= 11 is 0. The molecule has 0 amide bonds. The number of hydrogen-bond donors (Lipinski definition) is 0. The highest BCUT2D eigenvalue weighted by molar-refractivity contribution is 5.72. The second kappa shape index (κ2) is 5.53. The van der Waals surface area contributed by atoms with Crippen molar-refractivity contribution in [2.75, 3.05) is 0 Å². The van der Waals surface area contributed by atoms with Crippen LogP contribution in [0.15, 0.2) is 66.9 Å². The largest absolute Gasteiger partial charge is 0.213 e. The first-order valence-corrected chi connectivity index (χ1v) is 7.03. The van der Waals surface area contributed by atoms with Crippen molar-refractivity contribution in [3.05, 3.63) is 78.0 Å². The minimum absolute atomic E-state index is 0.384. The van der Waals surface area contributed by atoms with E-state index in [4.69, 9.17) is 4.11 Å². The third-order valence-corrected chi connectivity index (χ3v) is 3.81. The zero-order valence-electron chi connectivity index (χ0n) is 15.3. The Labute approximate surface area is 130 Å². The first kappa shape index (κ1) is 10.3. The van der Waals surface area contributed by atoms with Gasteiger partial charge in [0, 0.05) is 21.8 Å². The summed E-state index contributed by atoms with van der Waals surface area (Å²) in [5.41, 5.74) is 5.45. The highest BCUT2D eigenvalue weighted by Crippen LogP contribution is 2.27. The fraction of sp³-hybridized carbons (Fsp3) is 0.150. The highest BCUT2D eigenvalue weighted by Gasteiger charge is 2.14. The Morgan fingerprint density at radius 1 is 0.857 bits per heavy atom. The molecule has 1 heterocycles. The summed E-state index contributed by atoms with van der Waals surface area (Å²) in [5.74, 6) is 0. The van der Waals surface area contributed by atoms with E-state index in [1.807, 2.05) is 43.6 Å². The van der Waals surface area contributed by atoms with Gasteiger partial charge in [0.05, 0.1) is 0 Å². The summed E-state index contributed by atoms with van der Waals surface area (Å²) in [6.07, 6.45) is 1.98. The monoisotopic (exact) mass is 277 g/mol. The number of aromatic nitrogens is 1. The number of hydrogen-bond acceptors (Lipinski definition) is 0. The number of aryl methyl sites for hydroxylation is 3. The van der Waals surface area contributed by atoms with E-state index in [0.29, 0.717) is 5.56 Å². The summed E-state index contributed by atoms with van der Waals surface area (Å²) in [7, 11) is 2.00. The lowest BCUT2D eigenvalue weighted by atomic mass is 9.98. The molecule has 0 saturated heterocycles. The molecule has 3 aromatic rings. The van der Waals surface area contributed by atoms with Crippen molar-refractivity contribution in [1.82, 2.24) is 0 Å². The SMILES string of the molecule is [2H]C([2H])([2H])c1ccccc1-c1cc[n+](C)c(-c2ccccc2C)c1. The van der Waals surface area contributed by atoms with E-state index in [1.54, 1.807) is 12.1 Å². The van der Waals surface area contributed by atoms with Gasteiger partial charge in [-0.25, -0.2) is 4.57 Å². The third-order valence-electron chi connectivity index (χ3n) is 3.81. The van der Waals surface area contributed by atoms with Gasteiger partial charge in [-0.1, -0.05) is 42.5 Å². The molecule has 0 unspecified atom stereocenters. The number of pyridine rings is 1. The van der Waals surface area contributed by atoms with Gasteiger partial charge in [-0.3, -0.25) is 0 Å². The van der Waals surface area contributed by atoms with Crippen LogP contribution in [0.5, 0.6) is 0 Å². The fourth-order valence-corrected chi connectivity index (χ4v) is 2.60. The zero-order valence-corrected chi connectivity index (χ0v) is 12.3. The molecule has 1 nitrogen and oxygen atoms in total. The minimum atomic E-state index is -2.13. The normalized spacial score (nSPS) is 13.3. The van der Waals surface area contributed by atoms with Gasteiger partial charge in [0.15, 0.2) is 6.20 Å². The molecule has 0 spiro atoms. The van der Waals surface area contributed by atoms with Crippen LogP contribution < -0.4 is 4.57 Å². The van der Waals surface area contributed by atoms with Crippen LogP contribution in [0.4, 0.5) is 0 Å². The topological polar surface area (TPSA) is 3.88 Å². The molecule has 0 aliphatic rings. The van der Waals surface area contributed by atoms with Gasteiger partial charge in [-0.2, -0.15) is 0 Å². The molecule has 0 bridgehead atoms. The van der Waals surface area contributed by atoms with E-state index in [0.717, 1.165) is 22.4 Å². The fourth-order valence-electron chi connectivity index (χ4n) is 2.60. The first-order valence-electron chi connectivity index (χ1n) is 8.53. The van der Waals surface area contributed by atoms with Gasteiger partial charge in [0.25, 0.3) is 0 Å². The van der Waals surface area contributed by atoms with Crippen LogP contribution in [0, 0.1) is 13.8 Å². The van der Waals surface area contributed by atoms with Gasteiger partial charge in [0.2, 0.25) is 5.69 Å². The predicted molar refractivity (Wildman–Crippen MR) is 88.0 cm³/mol. The van der Waals surface area contributed by atoms with Crippen LogP contribution >= 0.6 is 0 Å². The van der Waals surface area contributed by atoms with Crippen LogP contribution in [0.2, 0.25) is 0 Å². The van der Waals surface area contributed by atoms with Crippen molar-refractivity contribution in [1.29, 1.82) is 0 Å². The molecule has 0 aliphatic heterocycles. The van der Waals surface area contributed by atoms with Crippen LogP contribution in [0.1, 0.15) is 15.2 Å². The molecular formula is C20H20N+. The molecule has 1 aromatic heterocycles. The van der Waals surface area contributed by atoms with Gasteiger partial charge in [-0.15, -0.1) is 0 Å². The molecule has 1 heteroatoms. The minimum Gasteiger partial charge on any atom is -0.201 e. The van der Waals surface area contributed by atoms with Gasteiger partial charge in [0.1, 0.15) is 7.05 Å². The first-order chi connectivity index (χ1) is 11.4. The summed E-state index contributed by atoms with van der Waals surface area (Å²) in [6.45, 7) is -0.0458. The third kappa shape index (κ3) is 2.59. The van der Waals surface area contributed by atoms with E-state index in [9.17, 15) is 0 Å². The summed E-state index contributed by atoms with van der Waals surface area (Å²) in [6, 6.07) is 19.4. The average molecular weight is 277 g/mol. The van der Waals surface area contributed by atoms with Crippen LogP contribution in [-0.4, -0.2) is 0 Å². The molecule has 21 heavy (non-hydrogen) atoms. The number of rotatable bonds is 2. The van der Waals surface area contributed by atoms with Crippen molar-refractivity contribution >= 4 is 0 Å². The smallest absolute Gasteiger partial charge is 0.201 e. The molecule has 0 aliphatic carbocycles. The van der Waals surface area contributed by atoms with Crippen LogP contribution in [-0.2, 0) is 7.05 Å². The molecule has 2 aromatic carbocycles. The van der Waals surface area contributed by atoms with E-state index in [-0.39, 0.29) is 0 Å². The maximum absolute atomic E-state index is 7.79.